The molecule has 0 saturated heterocycles. The van der Waals surface area contributed by atoms with Crippen LogP contribution in [-0.4, -0.2) is 16.1 Å². The van der Waals surface area contributed by atoms with Crippen LogP contribution in [0.2, 0.25) is 0 Å². The van der Waals surface area contributed by atoms with Gasteiger partial charge in [0.2, 0.25) is 11.0 Å². The molecule has 0 aliphatic carbocycles. The number of hydrogen-bond donors (Lipinski definition) is 1. The van der Waals surface area contributed by atoms with Crippen molar-refractivity contribution in [3.05, 3.63) is 45.6 Å². The quantitative estimate of drug-likeness (QED) is 0.689. The molecule has 0 radical (unpaired) electrons. The van der Waals surface area contributed by atoms with E-state index in [4.69, 9.17) is 4.42 Å². The average molecular weight is 378 g/mol. The van der Waals surface area contributed by atoms with Crippen LogP contribution in [0.25, 0.3) is 17.0 Å². The normalized spacial score (nSPS) is 11.4. The van der Waals surface area contributed by atoms with Gasteiger partial charge in [-0.05, 0) is 36.8 Å². The van der Waals surface area contributed by atoms with Gasteiger partial charge in [-0.15, -0.1) is 10.2 Å². The molecule has 1 amide bonds. The lowest BCUT2D eigenvalue weighted by Gasteiger charge is -1.93. The van der Waals surface area contributed by atoms with E-state index in [2.05, 4.69) is 31.4 Å². The number of benzene rings is 1. The third-order valence-corrected chi connectivity index (χ3v) is 4.37. The fourth-order valence-electron chi connectivity index (χ4n) is 1.87. The zero-order valence-electron chi connectivity index (χ0n) is 11.7. The van der Waals surface area contributed by atoms with Crippen LogP contribution in [0.5, 0.6) is 0 Å². The molecule has 0 unspecified atom stereocenters. The zero-order valence-corrected chi connectivity index (χ0v) is 14.1. The van der Waals surface area contributed by atoms with Crippen LogP contribution < -0.4 is 5.32 Å². The van der Waals surface area contributed by atoms with Crippen LogP contribution in [0.15, 0.2) is 39.2 Å². The Bertz CT molecular complexity index is 853. The first-order valence-electron chi connectivity index (χ1n) is 6.64. The number of aromatic nitrogens is 2. The first-order chi connectivity index (χ1) is 10.6. The molecule has 0 atom stereocenters. The zero-order chi connectivity index (χ0) is 15.5. The number of rotatable bonds is 4. The molecule has 1 N–H and O–H groups in total. The largest absolute Gasteiger partial charge is 0.457 e. The number of carbonyl (C=O) groups is 1. The lowest BCUT2D eigenvalue weighted by Crippen LogP contribution is -2.07. The van der Waals surface area contributed by atoms with Crippen LogP contribution in [-0.2, 0) is 11.2 Å². The van der Waals surface area contributed by atoms with Gasteiger partial charge in [-0.3, -0.25) is 10.1 Å². The third kappa shape index (κ3) is 3.42. The first kappa shape index (κ1) is 14.9. The lowest BCUT2D eigenvalue weighted by molar-refractivity contribution is -0.111. The van der Waals surface area contributed by atoms with Crippen LogP contribution >= 0.6 is 27.3 Å². The van der Waals surface area contributed by atoms with Gasteiger partial charge in [0.1, 0.15) is 16.4 Å². The summed E-state index contributed by atoms with van der Waals surface area (Å²) in [6.07, 6.45) is 3.85. The summed E-state index contributed by atoms with van der Waals surface area (Å²) >= 11 is 4.78. The van der Waals surface area contributed by atoms with E-state index in [1.165, 1.54) is 17.4 Å². The molecule has 0 bridgehead atoms. The Labute approximate surface area is 139 Å². The number of anilines is 1. The second-order valence-corrected chi connectivity index (χ2v) is 6.49. The molecule has 2 heterocycles. The number of hydrogen-bond acceptors (Lipinski definition) is 5. The summed E-state index contributed by atoms with van der Waals surface area (Å²) in [7, 11) is 0. The summed E-state index contributed by atoms with van der Waals surface area (Å²) in [6, 6.07) is 7.63. The van der Waals surface area contributed by atoms with Crippen molar-refractivity contribution in [1.82, 2.24) is 10.2 Å². The van der Waals surface area contributed by atoms with Crippen molar-refractivity contribution in [2.75, 3.05) is 5.32 Å². The van der Waals surface area contributed by atoms with Crippen LogP contribution in [0, 0.1) is 0 Å². The van der Waals surface area contributed by atoms with Gasteiger partial charge in [0.25, 0.3) is 0 Å². The Morgan fingerprint density at radius 1 is 1.41 bits per heavy atom. The second-order valence-electron chi connectivity index (χ2n) is 4.51. The molecular weight excluding hydrogens is 366 g/mol. The van der Waals surface area contributed by atoms with Gasteiger partial charge in [-0.1, -0.05) is 34.2 Å². The van der Waals surface area contributed by atoms with Gasteiger partial charge in [-0.2, -0.15) is 0 Å². The number of aryl methyl sites for hydroxylation is 1. The number of halogens is 1. The molecule has 22 heavy (non-hydrogen) atoms. The molecule has 1 aromatic carbocycles. The van der Waals surface area contributed by atoms with Crippen LogP contribution in [0.3, 0.4) is 0 Å². The van der Waals surface area contributed by atoms with E-state index in [0.29, 0.717) is 10.9 Å². The number of furan rings is 1. The molecule has 0 saturated carbocycles. The fourth-order valence-corrected chi connectivity index (χ4v) is 2.93. The SMILES string of the molecule is CCc1nnc(NC(=O)C=Cc2cc3cc(Br)ccc3o2)s1. The van der Waals surface area contributed by atoms with E-state index in [1.807, 2.05) is 31.2 Å². The van der Waals surface area contributed by atoms with Crippen molar-refractivity contribution in [2.24, 2.45) is 0 Å². The molecule has 0 fully saturated rings. The summed E-state index contributed by atoms with van der Waals surface area (Å²) < 4.78 is 6.62. The van der Waals surface area contributed by atoms with Crippen LogP contribution in [0.1, 0.15) is 17.7 Å². The van der Waals surface area contributed by atoms with Crippen molar-refractivity contribution >= 4 is 55.4 Å². The van der Waals surface area contributed by atoms with Crippen molar-refractivity contribution in [3.8, 4) is 0 Å². The van der Waals surface area contributed by atoms with Crippen LogP contribution in [0.4, 0.5) is 5.13 Å². The van der Waals surface area contributed by atoms with E-state index in [0.717, 1.165) is 26.9 Å². The Hall–Kier alpha value is -1.99. The fraction of sp³-hybridized carbons (Fsp3) is 0.133. The second kappa shape index (κ2) is 6.41. The molecule has 2 aromatic heterocycles. The molecule has 5 nitrogen and oxygen atoms in total. The van der Waals surface area contributed by atoms with Gasteiger partial charge < -0.3 is 4.42 Å². The summed E-state index contributed by atoms with van der Waals surface area (Å²) in [6.45, 7) is 1.99. The average Bonchev–Trinajstić information content (AvgIpc) is 3.10. The summed E-state index contributed by atoms with van der Waals surface area (Å²) in [5.74, 6) is 0.357. The van der Waals surface area contributed by atoms with E-state index in [-0.39, 0.29) is 5.91 Å². The topological polar surface area (TPSA) is 68.0 Å². The molecule has 112 valence electrons. The number of nitrogens with zero attached hydrogens (tertiary/aromatic N) is 2. The maximum atomic E-state index is 11.8. The lowest BCUT2D eigenvalue weighted by atomic mass is 10.2. The molecule has 3 aromatic rings. The van der Waals surface area contributed by atoms with Gasteiger partial charge in [0, 0.05) is 15.9 Å². The van der Waals surface area contributed by atoms with Crippen molar-refractivity contribution in [1.29, 1.82) is 0 Å². The standard InChI is InChI=1S/C15H12BrN3O2S/c1-2-14-18-19-15(22-14)17-13(20)6-4-11-8-9-7-10(16)3-5-12(9)21-11/h3-8H,2H2,1H3,(H,17,19,20). The molecule has 0 aliphatic rings. The van der Waals surface area contributed by atoms with Gasteiger partial charge in [0.15, 0.2) is 0 Å². The summed E-state index contributed by atoms with van der Waals surface area (Å²) in [5, 5.41) is 12.9. The number of fused-ring (bicyclic) bond motifs is 1. The predicted molar refractivity (Wildman–Crippen MR) is 90.9 cm³/mol. The monoisotopic (exact) mass is 377 g/mol. The highest BCUT2D eigenvalue weighted by Gasteiger charge is 2.06. The first-order valence-corrected chi connectivity index (χ1v) is 8.25. The van der Waals surface area contributed by atoms with Crippen molar-refractivity contribution < 1.29 is 9.21 Å². The Kier molecular flexibility index (Phi) is 4.35. The highest BCUT2D eigenvalue weighted by molar-refractivity contribution is 9.10. The summed E-state index contributed by atoms with van der Waals surface area (Å²) in [4.78, 5) is 11.8. The van der Waals surface area contributed by atoms with Gasteiger partial charge in [-0.25, -0.2) is 0 Å². The Balaban J connectivity index is 1.70. The third-order valence-electron chi connectivity index (χ3n) is 2.90. The minimum Gasteiger partial charge on any atom is -0.457 e. The van der Waals surface area contributed by atoms with E-state index >= 15 is 0 Å². The minimum absolute atomic E-state index is 0.263. The number of carbonyl (C=O) groups excluding carboxylic acids is 1. The van der Waals surface area contributed by atoms with E-state index in [9.17, 15) is 4.79 Å². The van der Waals surface area contributed by atoms with E-state index < -0.39 is 0 Å². The molecule has 0 aliphatic heterocycles. The minimum atomic E-state index is -0.263. The molecule has 7 heteroatoms. The van der Waals surface area contributed by atoms with Crippen molar-refractivity contribution in [2.45, 2.75) is 13.3 Å². The predicted octanol–water partition coefficient (Wildman–Crippen LogP) is 4.26. The maximum Gasteiger partial charge on any atom is 0.250 e. The highest BCUT2D eigenvalue weighted by atomic mass is 79.9. The number of amides is 1. The molecule has 3 rings (SSSR count). The Morgan fingerprint density at radius 2 is 2.27 bits per heavy atom. The molecule has 0 spiro atoms. The Morgan fingerprint density at radius 3 is 3.05 bits per heavy atom. The van der Waals surface area contributed by atoms with Crippen molar-refractivity contribution in [3.63, 3.8) is 0 Å². The van der Waals surface area contributed by atoms with Gasteiger partial charge >= 0.3 is 0 Å². The summed E-state index contributed by atoms with van der Waals surface area (Å²) in [5.41, 5.74) is 0.778. The van der Waals surface area contributed by atoms with Gasteiger partial charge in [0.05, 0.1) is 0 Å². The highest BCUT2D eigenvalue weighted by Crippen LogP contribution is 2.24. The molecular formula is C15H12BrN3O2S. The smallest absolute Gasteiger partial charge is 0.250 e. The number of nitrogens with one attached hydrogen (secondary N) is 1. The maximum absolute atomic E-state index is 11.8. The van der Waals surface area contributed by atoms with E-state index in [1.54, 1.807) is 6.08 Å².